The Bertz CT molecular complexity index is 1130. The Hall–Kier alpha value is -2.43. The molecule has 0 bridgehead atoms. The maximum Gasteiger partial charge on any atom is 0.341 e. The van der Waals surface area contributed by atoms with Gasteiger partial charge in [0, 0.05) is 27.2 Å². The molecular weight excluding hydrogens is 476 g/mol. The van der Waals surface area contributed by atoms with Gasteiger partial charge in [-0.2, -0.15) is 0 Å². The molecule has 10 heteroatoms. The van der Waals surface area contributed by atoms with Crippen LogP contribution in [0.4, 0.5) is 5.00 Å². The lowest BCUT2D eigenvalue weighted by atomic mass is 10.1. The van der Waals surface area contributed by atoms with Crippen molar-refractivity contribution in [3.8, 4) is 11.4 Å². The molecule has 3 rings (SSSR count). The number of rotatable bonds is 11. The van der Waals surface area contributed by atoms with Crippen LogP contribution in [0.25, 0.3) is 11.4 Å². The van der Waals surface area contributed by atoms with E-state index in [9.17, 15) is 9.59 Å². The van der Waals surface area contributed by atoms with Crippen molar-refractivity contribution in [2.45, 2.75) is 51.7 Å². The number of nitrogens with one attached hydrogen (secondary N) is 1. The summed E-state index contributed by atoms with van der Waals surface area (Å²) in [6, 6.07) is 3.92. The molecule has 3 aromatic rings. The number of thioether (sulfide) groups is 1. The molecule has 176 valence electrons. The van der Waals surface area contributed by atoms with E-state index < -0.39 is 5.97 Å². The molecule has 3 aromatic heterocycles. The molecule has 0 atom stereocenters. The minimum atomic E-state index is -0.427. The smallest absolute Gasteiger partial charge is 0.341 e. The summed E-state index contributed by atoms with van der Waals surface area (Å²) in [6.45, 7) is 12.7. The van der Waals surface area contributed by atoms with E-state index in [1.54, 1.807) is 30.4 Å². The highest BCUT2D eigenvalue weighted by atomic mass is 32.2. The molecule has 1 N–H and O–H groups in total. The van der Waals surface area contributed by atoms with E-state index in [0.717, 1.165) is 22.7 Å². The molecule has 1 amide bonds. The van der Waals surface area contributed by atoms with Gasteiger partial charge in [0.05, 0.1) is 17.9 Å². The molecule has 3 heterocycles. The van der Waals surface area contributed by atoms with E-state index >= 15 is 0 Å². The molecular formula is C23H28N4O3S3. The zero-order chi connectivity index (χ0) is 24.0. The first-order chi connectivity index (χ1) is 15.9. The average Bonchev–Trinajstić information content (AvgIpc) is 3.51. The monoisotopic (exact) mass is 504 g/mol. The van der Waals surface area contributed by atoms with Crippen LogP contribution in [-0.2, 0) is 22.5 Å². The number of ether oxygens (including phenoxy) is 1. The lowest BCUT2D eigenvalue weighted by Gasteiger charge is -2.08. The molecule has 0 spiro atoms. The van der Waals surface area contributed by atoms with Gasteiger partial charge in [0.25, 0.3) is 0 Å². The Morgan fingerprint density at radius 3 is 2.73 bits per heavy atom. The van der Waals surface area contributed by atoms with Gasteiger partial charge in [0.1, 0.15) is 5.00 Å². The second kappa shape index (κ2) is 11.6. The van der Waals surface area contributed by atoms with Gasteiger partial charge >= 0.3 is 5.97 Å². The number of allylic oxidation sites excluding steroid dienone is 1. The van der Waals surface area contributed by atoms with Gasteiger partial charge in [-0.05, 0) is 31.4 Å². The van der Waals surface area contributed by atoms with Crippen molar-refractivity contribution in [2.24, 2.45) is 0 Å². The van der Waals surface area contributed by atoms with E-state index in [1.807, 2.05) is 11.5 Å². The first-order valence-electron chi connectivity index (χ1n) is 10.7. The van der Waals surface area contributed by atoms with Crippen LogP contribution in [0.15, 0.2) is 35.3 Å². The number of esters is 1. The number of hydrogen-bond donors (Lipinski definition) is 1. The second-order valence-corrected chi connectivity index (χ2v) is 10.5. The molecule has 0 aliphatic rings. The lowest BCUT2D eigenvalue weighted by Crippen LogP contribution is -2.16. The number of thiophene rings is 2. The van der Waals surface area contributed by atoms with Crippen molar-refractivity contribution in [2.75, 3.05) is 17.7 Å². The molecule has 0 unspecified atom stereocenters. The van der Waals surface area contributed by atoms with Gasteiger partial charge in [-0.3, -0.25) is 9.36 Å². The summed E-state index contributed by atoms with van der Waals surface area (Å²) >= 11 is 4.40. The van der Waals surface area contributed by atoms with Crippen LogP contribution in [0, 0.1) is 0 Å². The summed E-state index contributed by atoms with van der Waals surface area (Å²) in [6.07, 6.45) is 2.56. The third-order valence-corrected chi connectivity index (χ3v) is 8.08. The predicted molar refractivity (Wildman–Crippen MR) is 137 cm³/mol. The van der Waals surface area contributed by atoms with E-state index in [4.69, 9.17) is 4.74 Å². The van der Waals surface area contributed by atoms with Crippen LogP contribution >= 0.6 is 34.4 Å². The SMILES string of the molecule is C=CCn1c(SCC(=O)Nc2sc(CC)cc2C(=O)OCC)nnc1-c1csc(C(C)C)c1. The minimum absolute atomic E-state index is 0.137. The zero-order valence-corrected chi connectivity index (χ0v) is 21.7. The quantitative estimate of drug-likeness (QED) is 0.200. The largest absolute Gasteiger partial charge is 0.462 e. The van der Waals surface area contributed by atoms with Gasteiger partial charge in [-0.1, -0.05) is 38.6 Å². The summed E-state index contributed by atoms with van der Waals surface area (Å²) < 4.78 is 7.08. The molecule has 0 radical (unpaired) electrons. The van der Waals surface area contributed by atoms with Crippen LogP contribution in [-0.4, -0.2) is 39.0 Å². The number of anilines is 1. The number of aryl methyl sites for hydroxylation is 1. The third-order valence-electron chi connectivity index (χ3n) is 4.69. The Balaban J connectivity index is 1.73. The topological polar surface area (TPSA) is 86.1 Å². The van der Waals surface area contributed by atoms with Crippen LogP contribution in [0.2, 0.25) is 0 Å². The van der Waals surface area contributed by atoms with Crippen molar-refractivity contribution in [3.05, 3.63) is 45.5 Å². The number of aromatic nitrogens is 3. The van der Waals surface area contributed by atoms with Crippen LogP contribution in [0.5, 0.6) is 0 Å². The fourth-order valence-electron chi connectivity index (χ4n) is 3.04. The van der Waals surface area contributed by atoms with E-state index in [0.29, 0.717) is 28.2 Å². The predicted octanol–water partition coefficient (Wildman–Crippen LogP) is 5.85. The van der Waals surface area contributed by atoms with Crippen LogP contribution < -0.4 is 5.32 Å². The van der Waals surface area contributed by atoms with Crippen molar-refractivity contribution in [1.82, 2.24) is 14.8 Å². The summed E-state index contributed by atoms with van der Waals surface area (Å²) in [5.41, 5.74) is 1.41. The van der Waals surface area contributed by atoms with Crippen LogP contribution in [0.3, 0.4) is 0 Å². The molecule has 7 nitrogen and oxygen atoms in total. The van der Waals surface area contributed by atoms with Crippen molar-refractivity contribution >= 4 is 51.3 Å². The van der Waals surface area contributed by atoms with Gasteiger partial charge in [0.2, 0.25) is 5.91 Å². The fraction of sp³-hybridized carbons (Fsp3) is 0.391. The van der Waals surface area contributed by atoms with Gasteiger partial charge in [-0.25, -0.2) is 4.79 Å². The Morgan fingerprint density at radius 1 is 1.30 bits per heavy atom. The third kappa shape index (κ3) is 6.13. The Kier molecular flexibility index (Phi) is 8.87. The highest BCUT2D eigenvalue weighted by Crippen LogP contribution is 2.32. The summed E-state index contributed by atoms with van der Waals surface area (Å²) in [5.74, 6) is 0.696. The fourth-order valence-corrected chi connectivity index (χ4v) is 5.69. The highest BCUT2D eigenvalue weighted by Gasteiger charge is 2.20. The molecule has 0 saturated heterocycles. The Labute approximate surface area is 206 Å². The first kappa shape index (κ1) is 25.2. The molecule has 0 aliphatic heterocycles. The van der Waals surface area contributed by atoms with E-state index in [1.165, 1.54) is 28.0 Å². The molecule has 33 heavy (non-hydrogen) atoms. The zero-order valence-electron chi connectivity index (χ0n) is 19.2. The van der Waals surface area contributed by atoms with E-state index in [2.05, 4.69) is 47.4 Å². The maximum atomic E-state index is 12.7. The molecule has 0 saturated carbocycles. The van der Waals surface area contributed by atoms with Crippen molar-refractivity contribution in [3.63, 3.8) is 0 Å². The number of carbonyl (C=O) groups is 2. The molecule has 0 fully saturated rings. The van der Waals surface area contributed by atoms with Crippen molar-refractivity contribution < 1.29 is 14.3 Å². The number of carbonyl (C=O) groups excluding carboxylic acids is 2. The van der Waals surface area contributed by atoms with Gasteiger partial charge in [-0.15, -0.1) is 39.4 Å². The highest BCUT2D eigenvalue weighted by molar-refractivity contribution is 7.99. The molecule has 0 aliphatic carbocycles. The van der Waals surface area contributed by atoms with Gasteiger partial charge in [0.15, 0.2) is 11.0 Å². The Morgan fingerprint density at radius 2 is 2.09 bits per heavy atom. The number of amides is 1. The summed E-state index contributed by atoms with van der Waals surface area (Å²) in [5, 5.41) is 14.8. The van der Waals surface area contributed by atoms with Gasteiger partial charge < -0.3 is 10.1 Å². The standard InChI is InChI=1S/C23H28N4O3S3/c1-6-9-27-20(15-10-18(14(4)5)31-12-15)25-26-23(27)32-13-19(28)24-21-17(22(29)30-8-3)11-16(7-2)33-21/h6,10-12,14H,1,7-9,13H2,2-5H3,(H,24,28). The second-order valence-electron chi connectivity index (χ2n) is 7.46. The van der Waals surface area contributed by atoms with Crippen molar-refractivity contribution in [1.29, 1.82) is 0 Å². The minimum Gasteiger partial charge on any atom is -0.462 e. The molecule has 0 aromatic carbocycles. The summed E-state index contributed by atoms with van der Waals surface area (Å²) in [4.78, 5) is 27.2. The first-order valence-corrected chi connectivity index (χ1v) is 13.4. The van der Waals surface area contributed by atoms with E-state index in [-0.39, 0.29) is 18.3 Å². The lowest BCUT2D eigenvalue weighted by molar-refractivity contribution is -0.113. The number of nitrogens with zero attached hydrogens (tertiary/aromatic N) is 3. The van der Waals surface area contributed by atoms with Crippen LogP contribution in [0.1, 0.15) is 53.7 Å². The number of hydrogen-bond acceptors (Lipinski definition) is 8. The maximum absolute atomic E-state index is 12.7. The summed E-state index contributed by atoms with van der Waals surface area (Å²) in [7, 11) is 0. The normalized spacial score (nSPS) is 11.1. The average molecular weight is 505 g/mol.